The number of thiophene rings is 1. The van der Waals surface area contributed by atoms with Crippen molar-refractivity contribution in [1.82, 2.24) is 19.2 Å². The maximum atomic E-state index is 14.0. The van der Waals surface area contributed by atoms with Crippen LogP contribution < -0.4 is 5.56 Å². The van der Waals surface area contributed by atoms with Crippen molar-refractivity contribution in [2.75, 3.05) is 5.75 Å². The summed E-state index contributed by atoms with van der Waals surface area (Å²) in [7, 11) is 0. The SMILES string of the molecule is CCCCCSc1nnc2n(-c3cccc(C)c3)c(=O)c3c4c(sc3n12)CO[C@H](C(C)C)C4. The molecule has 4 aromatic rings. The smallest absolute Gasteiger partial charge is 0.268 e. The van der Waals surface area contributed by atoms with E-state index in [4.69, 9.17) is 4.74 Å². The van der Waals surface area contributed by atoms with E-state index in [-0.39, 0.29) is 11.7 Å². The van der Waals surface area contributed by atoms with Crippen molar-refractivity contribution >= 4 is 39.1 Å². The Balaban J connectivity index is 1.77. The largest absolute Gasteiger partial charge is 0.372 e. The third-order valence-corrected chi connectivity index (χ3v) is 8.53. The number of aromatic nitrogens is 4. The number of hydrogen-bond donors (Lipinski definition) is 0. The van der Waals surface area contributed by atoms with Gasteiger partial charge in [-0.05, 0) is 42.5 Å². The molecular formula is C25H30N4O2S2. The van der Waals surface area contributed by atoms with E-state index in [0.29, 0.717) is 18.3 Å². The number of rotatable bonds is 7. The molecule has 0 radical (unpaired) electrons. The van der Waals surface area contributed by atoms with Crippen molar-refractivity contribution in [3.8, 4) is 5.69 Å². The summed E-state index contributed by atoms with van der Waals surface area (Å²) >= 11 is 3.38. The summed E-state index contributed by atoms with van der Waals surface area (Å²) < 4.78 is 9.98. The monoisotopic (exact) mass is 482 g/mol. The van der Waals surface area contributed by atoms with Crippen LogP contribution in [-0.2, 0) is 17.8 Å². The van der Waals surface area contributed by atoms with Gasteiger partial charge in [-0.2, -0.15) is 0 Å². The molecule has 0 amide bonds. The summed E-state index contributed by atoms with van der Waals surface area (Å²) in [4.78, 5) is 16.1. The van der Waals surface area contributed by atoms with Gasteiger partial charge < -0.3 is 4.74 Å². The number of benzene rings is 1. The van der Waals surface area contributed by atoms with Gasteiger partial charge in [0.05, 0.1) is 23.8 Å². The van der Waals surface area contributed by atoms with E-state index in [1.165, 1.54) is 12.8 Å². The average molecular weight is 483 g/mol. The summed E-state index contributed by atoms with van der Waals surface area (Å²) in [6, 6.07) is 8.04. The zero-order valence-electron chi connectivity index (χ0n) is 19.6. The Morgan fingerprint density at radius 1 is 1.27 bits per heavy atom. The van der Waals surface area contributed by atoms with Gasteiger partial charge in [-0.25, -0.2) is 8.97 Å². The maximum absolute atomic E-state index is 14.0. The van der Waals surface area contributed by atoms with Crippen molar-refractivity contribution in [3.63, 3.8) is 0 Å². The first-order valence-electron chi connectivity index (χ1n) is 11.8. The highest BCUT2D eigenvalue weighted by molar-refractivity contribution is 7.99. The van der Waals surface area contributed by atoms with Gasteiger partial charge in [0.1, 0.15) is 4.83 Å². The molecule has 5 rings (SSSR count). The lowest BCUT2D eigenvalue weighted by molar-refractivity contribution is 0.00200. The Kier molecular flexibility index (Phi) is 6.33. The lowest BCUT2D eigenvalue weighted by Gasteiger charge is -2.26. The molecule has 33 heavy (non-hydrogen) atoms. The fourth-order valence-electron chi connectivity index (χ4n) is 4.48. The van der Waals surface area contributed by atoms with Crippen molar-refractivity contribution in [2.45, 2.75) is 71.2 Å². The molecule has 1 atom stereocenters. The number of unbranched alkanes of at least 4 members (excludes halogenated alkanes) is 2. The van der Waals surface area contributed by atoms with Gasteiger partial charge in [0.15, 0.2) is 5.16 Å². The molecule has 3 aromatic heterocycles. The van der Waals surface area contributed by atoms with Crippen molar-refractivity contribution in [1.29, 1.82) is 0 Å². The first-order valence-corrected chi connectivity index (χ1v) is 13.6. The van der Waals surface area contributed by atoms with Crippen molar-refractivity contribution < 1.29 is 4.74 Å². The summed E-state index contributed by atoms with van der Waals surface area (Å²) in [6.45, 7) is 9.17. The molecule has 0 N–H and O–H groups in total. The van der Waals surface area contributed by atoms with Crippen LogP contribution in [0.15, 0.2) is 34.2 Å². The van der Waals surface area contributed by atoms with Crippen LogP contribution in [0.2, 0.25) is 0 Å². The Labute approximate surface area is 202 Å². The average Bonchev–Trinajstić information content (AvgIpc) is 3.38. The zero-order valence-corrected chi connectivity index (χ0v) is 21.3. The van der Waals surface area contributed by atoms with E-state index in [9.17, 15) is 4.79 Å². The van der Waals surface area contributed by atoms with E-state index in [2.05, 4.69) is 35.4 Å². The van der Waals surface area contributed by atoms with Crippen LogP contribution in [0.1, 0.15) is 56.0 Å². The van der Waals surface area contributed by atoms with E-state index >= 15 is 0 Å². The molecule has 1 aliphatic rings. The molecule has 0 spiro atoms. The van der Waals surface area contributed by atoms with Crippen molar-refractivity contribution in [3.05, 3.63) is 50.6 Å². The highest BCUT2D eigenvalue weighted by Gasteiger charge is 2.30. The molecular weight excluding hydrogens is 452 g/mol. The lowest BCUT2D eigenvalue weighted by atomic mass is 9.96. The fraction of sp³-hybridized carbons (Fsp3) is 0.480. The second kappa shape index (κ2) is 9.24. The van der Waals surface area contributed by atoms with Crippen LogP contribution in [-0.4, -0.2) is 31.0 Å². The minimum atomic E-state index is -0.0139. The van der Waals surface area contributed by atoms with Gasteiger partial charge in [0.2, 0.25) is 5.78 Å². The van der Waals surface area contributed by atoms with Gasteiger partial charge in [0.25, 0.3) is 5.56 Å². The van der Waals surface area contributed by atoms with Gasteiger partial charge in [-0.3, -0.25) is 4.79 Å². The molecule has 4 heterocycles. The van der Waals surface area contributed by atoms with E-state index in [0.717, 1.165) is 55.7 Å². The topological polar surface area (TPSA) is 61.4 Å². The molecule has 1 aliphatic heterocycles. The number of aryl methyl sites for hydroxylation is 1. The van der Waals surface area contributed by atoms with Crippen LogP contribution in [0, 0.1) is 12.8 Å². The molecule has 174 valence electrons. The summed E-state index contributed by atoms with van der Waals surface area (Å²) in [5, 5.41) is 10.7. The van der Waals surface area contributed by atoms with Crippen LogP contribution >= 0.6 is 23.1 Å². The number of thioether (sulfide) groups is 1. The van der Waals surface area contributed by atoms with E-state index < -0.39 is 0 Å². The molecule has 6 nitrogen and oxygen atoms in total. The molecule has 0 fully saturated rings. The second-order valence-electron chi connectivity index (χ2n) is 9.13. The summed E-state index contributed by atoms with van der Waals surface area (Å²) in [5.74, 6) is 1.97. The molecule has 0 aliphatic carbocycles. The number of hydrogen-bond acceptors (Lipinski definition) is 6. The van der Waals surface area contributed by atoms with E-state index in [1.807, 2.05) is 31.2 Å². The van der Waals surface area contributed by atoms with Gasteiger partial charge in [-0.1, -0.05) is 57.5 Å². The van der Waals surface area contributed by atoms with Gasteiger partial charge in [-0.15, -0.1) is 21.5 Å². The molecule has 0 saturated heterocycles. The number of fused-ring (bicyclic) bond motifs is 5. The summed E-state index contributed by atoms with van der Waals surface area (Å²) in [6.07, 6.45) is 4.42. The Morgan fingerprint density at radius 3 is 2.88 bits per heavy atom. The first-order chi connectivity index (χ1) is 16.0. The molecule has 0 unspecified atom stereocenters. The van der Waals surface area contributed by atoms with Gasteiger partial charge >= 0.3 is 0 Å². The molecule has 0 bridgehead atoms. The third kappa shape index (κ3) is 4.02. The fourth-order valence-corrected chi connectivity index (χ4v) is 6.71. The minimum absolute atomic E-state index is 0.0139. The summed E-state index contributed by atoms with van der Waals surface area (Å²) in [5.41, 5.74) is 3.06. The third-order valence-electron chi connectivity index (χ3n) is 6.32. The first kappa shape index (κ1) is 22.6. The predicted octanol–water partition coefficient (Wildman–Crippen LogP) is 5.78. The zero-order chi connectivity index (χ0) is 23.1. The van der Waals surface area contributed by atoms with Gasteiger partial charge in [0, 0.05) is 17.1 Å². The van der Waals surface area contributed by atoms with Crippen LogP contribution in [0.4, 0.5) is 0 Å². The van der Waals surface area contributed by atoms with Crippen molar-refractivity contribution in [2.24, 2.45) is 5.92 Å². The highest BCUT2D eigenvalue weighted by atomic mass is 32.2. The number of ether oxygens (including phenoxy) is 1. The predicted molar refractivity (Wildman–Crippen MR) is 136 cm³/mol. The molecule has 8 heteroatoms. The lowest BCUT2D eigenvalue weighted by Crippen LogP contribution is -2.28. The second-order valence-corrected chi connectivity index (χ2v) is 11.3. The van der Waals surface area contributed by atoms with Crippen LogP contribution in [0.3, 0.4) is 0 Å². The number of nitrogens with zero attached hydrogens (tertiary/aromatic N) is 4. The molecule has 0 saturated carbocycles. The van der Waals surface area contributed by atoms with E-state index in [1.54, 1.807) is 27.7 Å². The normalized spacial score (nSPS) is 16.2. The minimum Gasteiger partial charge on any atom is -0.372 e. The quantitative estimate of drug-likeness (QED) is 0.247. The standard InChI is InChI=1S/C25H30N4O2S2/c1-5-6-7-11-32-25-27-26-24-28(17-10-8-9-16(4)12-17)22(30)21-18-13-19(15(2)3)31-14-20(18)33-23(21)29(24)25/h8-10,12,15,19H,5-7,11,13-14H2,1-4H3/t19-/m0/s1. The van der Waals surface area contributed by atoms with Crippen LogP contribution in [0.25, 0.3) is 21.7 Å². The Hall–Kier alpha value is -2.16. The maximum Gasteiger partial charge on any atom is 0.268 e. The van der Waals surface area contributed by atoms with Crippen LogP contribution in [0.5, 0.6) is 0 Å². The Morgan fingerprint density at radius 2 is 2.12 bits per heavy atom. The Bertz CT molecular complexity index is 1370. The highest BCUT2D eigenvalue weighted by Crippen LogP contribution is 2.37. The molecule has 1 aromatic carbocycles.